The highest BCUT2D eigenvalue weighted by atomic mass is 31.2. The Hall–Kier alpha value is 0.0700. The predicted octanol–water partition coefficient (Wildman–Crippen LogP) is 0.954. The monoisotopic (exact) mass is 228 g/mol. The molecule has 0 aliphatic rings. The number of rotatable bonds is 4. The van der Waals surface area contributed by atoms with E-state index in [4.69, 9.17) is 19.2 Å². The Morgan fingerprint density at radius 2 is 1.50 bits per heavy atom. The molecule has 0 spiro atoms. The maximum Gasteiger partial charge on any atom is 0.466 e. The molecule has 14 heavy (non-hydrogen) atoms. The van der Waals surface area contributed by atoms with Crippen molar-refractivity contribution < 1.29 is 23.7 Å². The van der Waals surface area contributed by atoms with Crippen LogP contribution in [-0.4, -0.2) is 46.3 Å². The van der Waals surface area contributed by atoms with Gasteiger partial charge in [0.25, 0.3) is 0 Å². The number of unbranched alkanes of at least 4 members (excludes halogenated alkanes) is 1. The van der Waals surface area contributed by atoms with Crippen molar-refractivity contribution in [3.8, 4) is 0 Å². The second kappa shape index (κ2) is 7.37. The molecule has 0 saturated carbocycles. The lowest BCUT2D eigenvalue weighted by Crippen LogP contribution is -2.39. The summed E-state index contributed by atoms with van der Waals surface area (Å²) in [5, 5.41) is 0. The second-order valence-corrected chi connectivity index (χ2v) is 4.87. The van der Waals surface area contributed by atoms with Gasteiger partial charge in [-0.05, 0) is 13.3 Å². The van der Waals surface area contributed by atoms with Gasteiger partial charge in [0.2, 0.25) is 0 Å². The molecule has 0 unspecified atom stereocenters. The molecule has 0 saturated heterocycles. The van der Waals surface area contributed by atoms with E-state index in [1.165, 1.54) is 30.4 Å². The van der Waals surface area contributed by atoms with Crippen LogP contribution in [0.1, 0.15) is 26.7 Å². The first-order valence-corrected chi connectivity index (χ1v) is 6.29. The molecule has 0 radical (unpaired) electrons. The minimum Gasteiger partial charge on any atom is -0.329 e. The van der Waals surface area contributed by atoms with Crippen LogP contribution >= 0.6 is 7.82 Å². The summed E-state index contributed by atoms with van der Waals surface area (Å²) in [5.74, 6) is 0. The topological polar surface area (TPSA) is 77.8 Å². The highest BCUT2D eigenvalue weighted by molar-refractivity contribution is 7.45. The first-order chi connectivity index (χ1) is 6.12. The summed E-state index contributed by atoms with van der Waals surface area (Å²) in [4.78, 5) is 21.6. The lowest BCUT2D eigenvalue weighted by atomic mass is 10.3. The maximum absolute atomic E-state index is 8.88. The Morgan fingerprint density at radius 1 is 1.14 bits per heavy atom. The molecule has 0 atom stereocenters. The van der Waals surface area contributed by atoms with Crippen LogP contribution in [0.3, 0.4) is 0 Å². The predicted molar refractivity (Wildman–Crippen MR) is 56.7 cm³/mol. The van der Waals surface area contributed by atoms with Crippen molar-refractivity contribution >= 4 is 7.82 Å². The fraction of sp³-hybridized carbons (Fsp3) is 1.00. The van der Waals surface area contributed by atoms with Crippen LogP contribution < -0.4 is 0 Å². The van der Waals surface area contributed by atoms with Crippen LogP contribution in [0, 0.1) is 0 Å². The SMILES string of the molecule is CCCC[N+](C)(C)CC.O=P(O)(O)O. The van der Waals surface area contributed by atoms with E-state index in [1.807, 2.05) is 0 Å². The fourth-order valence-corrected chi connectivity index (χ4v) is 0.744. The van der Waals surface area contributed by atoms with Gasteiger partial charge in [0.1, 0.15) is 0 Å². The Bertz CT molecular complexity index is 170. The van der Waals surface area contributed by atoms with E-state index in [-0.39, 0.29) is 0 Å². The Balaban J connectivity index is 0. The van der Waals surface area contributed by atoms with E-state index in [9.17, 15) is 0 Å². The first-order valence-electron chi connectivity index (χ1n) is 4.72. The number of nitrogens with zero attached hydrogens (tertiary/aromatic N) is 1. The van der Waals surface area contributed by atoms with Gasteiger partial charge in [0.15, 0.2) is 0 Å². The number of hydrogen-bond donors (Lipinski definition) is 3. The fourth-order valence-electron chi connectivity index (χ4n) is 0.744. The molecule has 0 bridgehead atoms. The van der Waals surface area contributed by atoms with Crippen molar-refractivity contribution in [2.24, 2.45) is 0 Å². The van der Waals surface area contributed by atoms with E-state index in [0.717, 1.165) is 0 Å². The zero-order valence-electron chi connectivity index (χ0n) is 9.47. The summed E-state index contributed by atoms with van der Waals surface area (Å²) in [5.41, 5.74) is 0. The normalized spacial score (nSPS) is 11.9. The quantitative estimate of drug-likeness (QED) is 0.494. The van der Waals surface area contributed by atoms with Crippen LogP contribution in [0.2, 0.25) is 0 Å². The van der Waals surface area contributed by atoms with Crippen molar-refractivity contribution in [2.45, 2.75) is 26.7 Å². The summed E-state index contributed by atoms with van der Waals surface area (Å²) >= 11 is 0. The van der Waals surface area contributed by atoms with Crippen molar-refractivity contribution in [2.75, 3.05) is 27.2 Å². The summed E-state index contributed by atoms with van der Waals surface area (Å²) in [6.45, 7) is 7.07. The summed E-state index contributed by atoms with van der Waals surface area (Å²) in [7, 11) is -0.0642. The lowest BCUT2D eigenvalue weighted by Gasteiger charge is -2.27. The van der Waals surface area contributed by atoms with Crippen LogP contribution in [0.15, 0.2) is 0 Å². The van der Waals surface area contributed by atoms with Crippen molar-refractivity contribution in [3.05, 3.63) is 0 Å². The largest absolute Gasteiger partial charge is 0.466 e. The van der Waals surface area contributed by atoms with Gasteiger partial charge in [0.05, 0.1) is 27.2 Å². The zero-order chi connectivity index (χ0) is 11.8. The molecule has 3 N–H and O–H groups in total. The highest BCUT2D eigenvalue weighted by Crippen LogP contribution is 2.25. The summed E-state index contributed by atoms with van der Waals surface area (Å²) < 4.78 is 10.1. The molecular weight excluding hydrogens is 205 g/mol. The van der Waals surface area contributed by atoms with E-state index in [2.05, 4.69) is 27.9 Å². The third-order valence-corrected chi connectivity index (χ3v) is 1.97. The maximum atomic E-state index is 8.88. The third kappa shape index (κ3) is 22.7. The van der Waals surface area contributed by atoms with Gasteiger partial charge in [-0.3, -0.25) is 0 Å². The Kier molecular flexibility index (Phi) is 8.69. The molecule has 88 valence electrons. The molecule has 0 aromatic carbocycles. The van der Waals surface area contributed by atoms with Gasteiger partial charge in [-0.15, -0.1) is 0 Å². The molecule has 0 fully saturated rings. The van der Waals surface area contributed by atoms with Gasteiger partial charge >= 0.3 is 7.82 Å². The molecule has 0 aromatic heterocycles. The molecule has 0 aliphatic heterocycles. The minimum absolute atomic E-state index is 1.17. The molecule has 0 aliphatic carbocycles. The molecule has 0 heterocycles. The van der Waals surface area contributed by atoms with Crippen LogP contribution in [0.25, 0.3) is 0 Å². The molecule has 0 amide bonds. The van der Waals surface area contributed by atoms with Gasteiger partial charge in [-0.1, -0.05) is 13.3 Å². The molecule has 6 heteroatoms. The van der Waals surface area contributed by atoms with E-state index >= 15 is 0 Å². The van der Waals surface area contributed by atoms with Gasteiger partial charge < -0.3 is 19.2 Å². The van der Waals surface area contributed by atoms with Gasteiger partial charge in [0, 0.05) is 0 Å². The molecule has 0 aromatic rings. The van der Waals surface area contributed by atoms with Crippen LogP contribution in [-0.2, 0) is 4.57 Å². The average molecular weight is 228 g/mol. The summed E-state index contributed by atoms with van der Waals surface area (Å²) in [6.07, 6.45) is 2.68. The number of phosphoric acid groups is 1. The molecule has 0 rings (SSSR count). The highest BCUT2D eigenvalue weighted by Gasteiger charge is 2.08. The Labute approximate surface area is 86.2 Å². The van der Waals surface area contributed by atoms with Crippen LogP contribution in [0.4, 0.5) is 0 Å². The smallest absolute Gasteiger partial charge is 0.329 e. The van der Waals surface area contributed by atoms with Crippen molar-refractivity contribution in [1.82, 2.24) is 0 Å². The van der Waals surface area contributed by atoms with Crippen molar-refractivity contribution in [3.63, 3.8) is 0 Å². The summed E-state index contributed by atoms with van der Waals surface area (Å²) in [6, 6.07) is 0. The second-order valence-electron chi connectivity index (χ2n) is 3.84. The Morgan fingerprint density at radius 3 is 1.71 bits per heavy atom. The minimum atomic E-state index is -4.64. The number of quaternary nitrogens is 1. The van der Waals surface area contributed by atoms with Crippen molar-refractivity contribution in [1.29, 1.82) is 0 Å². The molecule has 5 nitrogen and oxygen atoms in total. The zero-order valence-corrected chi connectivity index (χ0v) is 10.4. The van der Waals surface area contributed by atoms with E-state index < -0.39 is 7.82 Å². The van der Waals surface area contributed by atoms with E-state index in [0.29, 0.717) is 0 Å². The third-order valence-electron chi connectivity index (χ3n) is 1.97. The lowest BCUT2D eigenvalue weighted by molar-refractivity contribution is -0.888. The standard InChI is InChI=1S/C8H20N.H3O4P/c1-5-7-8-9(3,4)6-2;1-5(2,3)4/h5-8H2,1-4H3;(H3,1,2,3,4)/q+1;. The van der Waals surface area contributed by atoms with Gasteiger partial charge in [-0.25, -0.2) is 4.57 Å². The number of hydrogen-bond acceptors (Lipinski definition) is 1. The van der Waals surface area contributed by atoms with E-state index in [1.54, 1.807) is 0 Å². The van der Waals surface area contributed by atoms with Gasteiger partial charge in [-0.2, -0.15) is 0 Å². The first kappa shape index (κ1) is 16.5. The van der Waals surface area contributed by atoms with Crippen LogP contribution in [0.5, 0.6) is 0 Å². The average Bonchev–Trinajstić information content (AvgIpc) is 1.98. The molecular formula is C8H23NO4P+.